The van der Waals surface area contributed by atoms with Crippen LogP contribution in [-0.4, -0.2) is 32.8 Å². The minimum absolute atomic E-state index is 0.526. The zero-order valence-electron chi connectivity index (χ0n) is 10.8. The minimum atomic E-state index is 0.526. The standard InChI is InChI=1S/C13H18N4S/c1-10-5-14-17(6-10)13-3-4-16(8-13)7-12-9-18-11(2)15-12/h5-6,9,13H,3-4,7-8H2,1-2H3. The largest absolute Gasteiger partial charge is 0.295 e. The van der Waals surface area contributed by atoms with E-state index in [1.165, 1.54) is 17.7 Å². The molecule has 0 spiro atoms. The summed E-state index contributed by atoms with van der Waals surface area (Å²) in [6.07, 6.45) is 5.26. The zero-order valence-corrected chi connectivity index (χ0v) is 11.7. The van der Waals surface area contributed by atoms with Gasteiger partial charge in [-0.2, -0.15) is 5.10 Å². The Balaban J connectivity index is 1.61. The van der Waals surface area contributed by atoms with Gasteiger partial charge in [-0.1, -0.05) is 0 Å². The van der Waals surface area contributed by atoms with Crippen molar-refractivity contribution in [3.63, 3.8) is 0 Å². The van der Waals surface area contributed by atoms with Gasteiger partial charge in [-0.25, -0.2) is 4.98 Å². The Labute approximate surface area is 111 Å². The molecule has 0 radical (unpaired) electrons. The van der Waals surface area contributed by atoms with Gasteiger partial charge in [0.15, 0.2) is 0 Å². The number of nitrogens with zero attached hydrogens (tertiary/aromatic N) is 4. The van der Waals surface area contributed by atoms with Crippen molar-refractivity contribution < 1.29 is 0 Å². The molecule has 96 valence electrons. The lowest BCUT2D eigenvalue weighted by atomic mass is 10.3. The highest BCUT2D eigenvalue weighted by atomic mass is 32.1. The molecule has 1 fully saturated rings. The number of likely N-dealkylation sites (tertiary alicyclic amines) is 1. The Hall–Kier alpha value is -1.20. The molecule has 1 atom stereocenters. The predicted molar refractivity (Wildman–Crippen MR) is 72.7 cm³/mol. The first-order valence-electron chi connectivity index (χ1n) is 6.35. The second-order valence-electron chi connectivity index (χ2n) is 5.03. The summed E-state index contributed by atoms with van der Waals surface area (Å²) in [5.74, 6) is 0. The van der Waals surface area contributed by atoms with Gasteiger partial charge in [-0.15, -0.1) is 11.3 Å². The van der Waals surface area contributed by atoms with Crippen LogP contribution in [0.3, 0.4) is 0 Å². The fraction of sp³-hybridized carbons (Fsp3) is 0.538. The summed E-state index contributed by atoms with van der Waals surface area (Å²) in [6, 6.07) is 0.526. The van der Waals surface area contributed by atoms with E-state index in [1.54, 1.807) is 11.3 Å². The molecule has 5 heteroatoms. The fourth-order valence-electron chi connectivity index (χ4n) is 2.51. The van der Waals surface area contributed by atoms with Crippen LogP contribution in [-0.2, 0) is 6.54 Å². The van der Waals surface area contributed by atoms with E-state index in [-0.39, 0.29) is 0 Å². The van der Waals surface area contributed by atoms with Crippen LogP contribution in [0, 0.1) is 13.8 Å². The van der Waals surface area contributed by atoms with E-state index >= 15 is 0 Å². The van der Waals surface area contributed by atoms with E-state index in [0.29, 0.717) is 6.04 Å². The van der Waals surface area contributed by atoms with Gasteiger partial charge in [0.05, 0.1) is 22.9 Å². The molecule has 1 aliphatic rings. The van der Waals surface area contributed by atoms with E-state index < -0.39 is 0 Å². The SMILES string of the molecule is Cc1cnn(C2CCN(Cc3csc(C)n3)C2)c1. The van der Waals surface area contributed by atoms with Crippen LogP contribution in [0.2, 0.25) is 0 Å². The van der Waals surface area contributed by atoms with Crippen LogP contribution in [0.4, 0.5) is 0 Å². The van der Waals surface area contributed by atoms with Crippen molar-refractivity contribution in [3.8, 4) is 0 Å². The van der Waals surface area contributed by atoms with E-state index in [1.807, 2.05) is 6.20 Å². The lowest BCUT2D eigenvalue weighted by Gasteiger charge is -2.14. The lowest BCUT2D eigenvalue weighted by molar-refractivity contribution is 0.308. The minimum Gasteiger partial charge on any atom is -0.295 e. The third kappa shape index (κ3) is 2.47. The summed E-state index contributed by atoms with van der Waals surface area (Å²) in [5, 5.41) is 7.74. The summed E-state index contributed by atoms with van der Waals surface area (Å²) in [5.41, 5.74) is 2.44. The fourth-order valence-corrected chi connectivity index (χ4v) is 3.12. The zero-order chi connectivity index (χ0) is 12.5. The normalized spacial score (nSPS) is 20.7. The van der Waals surface area contributed by atoms with Gasteiger partial charge in [0.25, 0.3) is 0 Å². The summed E-state index contributed by atoms with van der Waals surface area (Å²) >= 11 is 1.73. The van der Waals surface area contributed by atoms with Crippen LogP contribution < -0.4 is 0 Å². The van der Waals surface area contributed by atoms with Crippen molar-refractivity contribution in [1.29, 1.82) is 0 Å². The molecule has 4 nitrogen and oxygen atoms in total. The van der Waals surface area contributed by atoms with Crippen LogP contribution >= 0.6 is 11.3 Å². The number of aromatic nitrogens is 3. The molecule has 18 heavy (non-hydrogen) atoms. The Morgan fingerprint density at radius 3 is 3.00 bits per heavy atom. The molecule has 2 aromatic heterocycles. The van der Waals surface area contributed by atoms with E-state index in [0.717, 1.165) is 24.6 Å². The molecule has 3 heterocycles. The predicted octanol–water partition coefficient (Wildman–Crippen LogP) is 2.40. The van der Waals surface area contributed by atoms with Gasteiger partial charge < -0.3 is 0 Å². The van der Waals surface area contributed by atoms with E-state index in [4.69, 9.17) is 0 Å². The van der Waals surface area contributed by atoms with Crippen molar-refractivity contribution in [2.45, 2.75) is 32.9 Å². The number of aryl methyl sites for hydroxylation is 2. The highest BCUT2D eigenvalue weighted by Crippen LogP contribution is 2.23. The number of thiazole rings is 1. The summed E-state index contributed by atoms with van der Waals surface area (Å²) in [6.45, 7) is 7.35. The maximum absolute atomic E-state index is 4.53. The topological polar surface area (TPSA) is 34.0 Å². The molecule has 1 saturated heterocycles. The average molecular weight is 262 g/mol. The van der Waals surface area contributed by atoms with Gasteiger partial charge in [-0.3, -0.25) is 9.58 Å². The maximum Gasteiger partial charge on any atom is 0.0897 e. The smallest absolute Gasteiger partial charge is 0.0897 e. The third-order valence-electron chi connectivity index (χ3n) is 3.40. The van der Waals surface area contributed by atoms with Crippen molar-refractivity contribution in [2.75, 3.05) is 13.1 Å². The van der Waals surface area contributed by atoms with Crippen LogP contribution in [0.15, 0.2) is 17.8 Å². The molecule has 0 aromatic carbocycles. The Morgan fingerprint density at radius 2 is 2.33 bits per heavy atom. The van der Waals surface area contributed by atoms with Crippen molar-refractivity contribution >= 4 is 11.3 Å². The van der Waals surface area contributed by atoms with E-state index in [9.17, 15) is 0 Å². The maximum atomic E-state index is 4.53. The van der Waals surface area contributed by atoms with Crippen molar-refractivity contribution in [2.24, 2.45) is 0 Å². The van der Waals surface area contributed by atoms with E-state index in [2.05, 4.69) is 45.1 Å². The van der Waals surface area contributed by atoms with Gasteiger partial charge in [0.1, 0.15) is 0 Å². The molecule has 1 unspecified atom stereocenters. The first-order valence-corrected chi connectivity index (χ1v) is 7.23. The van der Waals surface area contributed by atoms with Crippen LogP contribution in [0.5, 0.6) is 0 Å². The molecule has 0 aliphatic carbocycles. The summed E-state index contributed by atoms with van der Waals surface area (Å²) < 4.78 is 2.11. The number of hydrogen-bond acceptors (Lipinski definition) is 4. The summed E-state index contributed by atoms with van der Waals surface area (Å²) in [7, 11) is 0. The molecule has 0 saturated carbocycles. The third-order valence-corrected chi connectivity index (χ3v) is 4.23. The average Bonchev–Trinajstić information content (AvgIpc) is 3.01. The number of rotatable bonds is 3. The molecule has 1 aliphatic heterocycles. The van der Waals surface area contributed by atoms with Crippen molar-refractivity contribution in [1.82, 2.24) is 19.7 Å². The van der Waals surface area contributed by atoms with Gasteiger partial charge >= 0.3 is 0 Å². The molecule has 0 N–H and O–H groups in total. The molecular formula is C13H18N4S. The monoisotopic (exact) mass is 262 g/mol. The second-order valence-corrected chi connectivity index (χ2v) is 6.10. The quantitative estimate of drug-likeness (QED) is 0.852. The molecule has 3 rings (SSSR count). The Morgan fingerprint density at radius 1 is 1.44 bits per heavy atom. The molecule has 0 amide bonds. The first kappa shape index (κ1) is 11.9. The number of hydrogen-bond donors (Lipinski definition) is 0. The second kappa shape index (κ2) is 4.82. The summed E-state index contributed by atoms with van der Waals surface area (Å²) in [4.78, 5) is 7.00. The molecular weight excluding hydrogens is 244 g/mol. The Bertz CT molecular complexity index is 531. The first-order chi connectivity index (χ1) is 8.70. The highest BCUT2D eigenvalue weighted by Gasteiger charge is 2.24. The molecule has 0 bridgehead atoms. The van der Waals surface area contributed by atoms with Crippen LogP contribution in [0.1, 0.15) is 28.7 Å². The Kier molecular flexibility index (Phi) is 3.18. The van der Waals surface area contributed by atoms with Gasteiger partial charge in [0, 0.05) is 31.2 Å². The lowest BCUT2D eigenvalue weighted by Crippen LogP contribution is -2.21. The van der Waals surface area contributed by atoms with Gasteiger partial charge in [0.2, 0.25) is 0 Å². The van der Waals surface area contributed by atoms with Gasteiger partial charge in [-0.05, 0) is 25.8 Å². The van der Waals surface area contributed by atoms with Crippen LogP contribution in [0.25, 0.3) is 0 Å². The highest BCUT2D eigenvalue weighted by molar-refractivity contribution is 7.09. The molecule has 2 aromatic rings. The van der Waals surface area contributed by atoms with Crippen molar-refractivity contribution in [3.05, 3.63) is 34.0 Å².